The van der Waals surface area contributed by atoms with Crippen LogP contribution < -0.4 is 0 Å². The summed E-state index contributed by atoms with van der Waals surface area (Å²) in [5, 5.41) is 0. The highest BCUT2D eigenvalue weighted by atomic mass is 79.9. The number of benzene rings is 1. The summed E-state index contributed by atoms with van der Waals surface area (Å²) in [6, 6.07) is 8.26. The molecular formula is C15H22BrNO. The molecule has 1 aromatic carbocycles. The number of halogens is 1. The summed E-state index contributed by atoms with van der Waals surface area (Å²) in [5.41, 5.74) is 1.95. The van der Waals surface area contributed by atoms with Gasteiger partial charge in [-0.05, 0) is 52.3 Å². The minimum atomic E-state index is 0.105. The highest BCUT2D eigenvalue weighted by Crippen LogP contribution is 2.22. The van der Waals surface area contributed by atoms with Crippen LogP contribution in [0.5, 0.6) is 0 Å². The molecule has 0 bridgehead atoms. The first-order chi connectivity index (χ1) is 8.34. The Kier molecular flexibility index (Phi) is 5.39. The number of amides is 1. The van der Waals surface area contributed by atoms with E-state index in [0.29, 0.717) is 4.83 Å². The molecule has 1 atom stereocenters. The van der Waals surface area contributed by atoms with Crippen molar-refractivity contribution in [2.24, 2.45) is 0 Å². The number of hydrogen-bond donors (Lipinski definition) is 0. The highest BCUT2D eigenvalue weighted by molar-refractivity contribution is 9.09. The number of carbonyl (C=O) groups excluding carboxylic acids is 1. The van der Waals surface area contributed by atoms with E-state index in [9.17, 15) is 4.79 Å². The Balaban J connectivity index is 2.95. The van der Waals surface area contributed by atoms with Crippen LogP contribution in [-0.4, -0.2) is 22.9 Å². The van der Waals surface area contributed by atoms with E-state index >= 15 is 0 Å². The average Bonchev–Trinajstić information content (AvgIpc) is 2.28. The van der Waals surface area contributed by atoms with Crippen molar-refractivity contribution >= 4 is 21.8 Å². The van der Waals surface area contributed by atoms with Crippen LogP contribution in [0.3, 0.4) is 0 Å². The Bertz CT molecular complexity index is 387. The zero-order valence-electron chi connectivity index (χ0n) is 11.8. The molecule has 0 aliphatic rings. The predicted molar refractivity (Wildman–Crippen MR) is 80.2 cm³/mol. The normalized spacial score (nSPS) is 12.9. The van der Waals surface area contributed by atoms with Crippen LogP contribution in [0.2, 0.25) is 0 Å². The van der Waals surface area contributed by atoms with Crippen molar-refractivity contribution in [2.75, 3.05) is 0 Å². The molecule has 0 fully saturated rings. The first kappa shape index (κ1) is 15.2. The molecule has 18 heavy (non-hydrogen) atoms. The third-order valence-electron chi connectivity index (χ3n) is 2.96. The summed E-state index contributed by atoms with van der Waals surface area (Å²) in [4.78, 5) is 14.6. The van der Waals surface area contributed by atoms with Crippen LogP contribution in [0.25, 0.3) is 0 Å². The molecule has 0 radical (unpaired) electrons. The SMILES string of the molecule is CC(Br)c1ccc(C(=O)N(C(C)C)C(C)C)cc1. The quantitative estimate of drug-likeness (QED) is 0.755. The molecule has 1 aromatic rings. The minimum Gasteiger partial charge on any atom is -0.334 e. The molecular weight excluding hydrogens is 290 g/mol. The number of hydrogen-bond acceptors (Lipinski definition) is 1. The Morgan fingerprint density at radius 3 is 1.78 bits per heavy atom. The van der Waals surface area contributed by atoms with Gasteiger partial charge in [-0.2, -0.15) is 0 Å². The lowest BCUT2D eigenvalue weighted by molar-refractivity contribution is 0.0643. The second-order valence-corrected chi connectivity index (χ2v) is 6.51. The Morgan fingerprint density at radius 1 is 1.00 bits per heavy atom. The average molecular weight is 312 g/mol. The van der Waals surface area contributed by atoms with Crippen LogP contribution in [0.1, 0.15) is 55.4 Å². The monoisotopic (exact) mass is 311 g/mol. The summed E-state index contributed by atoms with van der Waals surface area (Å²) in [7, 11) is 0. The fraction of sp³-hybridized carbons (Fsp3) is 0.533. The van der Waals surface area contributed by atoms with Gasteiger partial charge in [0.2, 0.25) is 0 Å². The van der Waals surface area contributed by atoms with Gasteiger partial charge < -0.3 is 4.90 Å². The topological polar surface area (TPSA) is 20.3 Å². The van der Waals surface area contributed by atoms with Crippen LogP contribution in [-0.2, 0) is 0 Å². The van der Waals surface area contributed by atoms with Gasteiger partial charge in [-0.15, -0.1) is 0 Å². The molecule has 100 valence electrons. The maximum atomic E-state index is 12.4. The van der Waals surface area contributed by atoms with E-state index < -0.39 is 0 Å². The fourth-order valence-corrected chi connectivity index (χ4v) is 2.41. The lowest BCUT2D eigenvalue weighted by atomic mass is 10.1. The van der Waals surface area contributed by atoms with Gasteiger partial charge in [0.1, 0.15) is 0 Å². The van der Waals surface area contributed by atoms with Gasteiger partial charge in [-0.25, -0.2) is 0 Å². The Morgan fingerprint density at radius 2 is 1.44 bits per heavy atom. The first-order valence-corrected chi connectivity index (χ1v) is 7.32. The second kappa shape index (κ2) is 6.37. The molecule has 0 saturated carbocycles. The van der Waals surface area contributed by atoms with E-state index in [1.54, 1.807) is 0 Å². The van der Waals surface area contributed by atoms with E-state index in [1.807, 2.05) is 56.9 Å². The zero-order valence-corrected chi connectivity index (χ0v) is 13.4. The molecule has 0 spiro atoms. The third-order valence-corrected chi connectivity index (χ3v) is 3.49. The van der Waals surface area contributed by atoms with Crippen LogP contribution in [0.15, 0.2) is 24.3 Å². The molecule has 0 aliphatic heterocycles. The highest BCUT2D eigenvalue weighted by Gasteiger charge is 2.21. The van der Waals surface area contributed by atoms with Gasteiger partial charge in [0, 0.05) is 22.5 Å². The first-order valence-electron chi connectivity index (χ1n) is 6.41. The van der Waals surface area contributed by atoms with Gasteiger partial charge in [-0.1, -0.05) is 28.1 Å². The maximum Gasteiger partial charge on any atom is 0.254 e. The number of nitrogens with zero attached hydrogens (tertiary/aromatic N) is 1. The van der Waals surface area contributed by atoms with Crippen LogP contribution in [0, 0.1) is 0 Å². The summed E-state index contributed by atoms with van der Waals surface area (Å²) in [5.74, 6) is 0.105. The summed E-state index contributed by atoms with van der Waals surface area (Å²) in [6.07, 6.45) is 0. The van der Waals surface area contributed by atoms with Gasteiger partial charge in [0.15, 0.2) is 0 Å². The fourth-order valence-electron chi connectivity index (χ4n) is 2.11. The van der Waals surface area contributed by atoms with Crippen molar-refractivity contribution in [3.05, 3.63) is 35.4 Å². The number of rotatable bonds is 4. The molecule has 2 nitrogen and oxygen atoms in total. The molecule has 0 N–H and O–H groups in total. The molecule has 3 heteroatoms. The van der Waals surface area contributed by atoms with E-state index in [4.69, 9.17) is 0 Å². The van der Waals surface area contributed by atoms with Crippen molar-refractivity contribution in [1.82, 2.24) is 4.90 Å². The second-order valence-electron chi connectivity index (χ2n) is 5.14. The largest absolute Gasteiger partial charge is 0.334 e. The Hall–Kier alpha value is -0.830. The molecule has 1 rings (SSSR count). The minimum absolute atomic E-state index is 0.105. The van der Waals surface area contributed by atoms with E-state index in [2.05, 4.69) is 22.9 Å². The van der Waals surface area contributed by atoms with Crippen molar-refractivity contribution in [3.8, 4) is 0 Å². The summed E-state index contributed by atoms with van der Waals surface area (Å²) < 4.78 is 0. The van der Waals surface area contributed by atoms with Gasteiger partial charge in [0.05, 0.1) is 0 Å². The summed E-state index contributed by atoms with van der Waals surface area (Å²) >= 11 is 3.52. The van der Waals surface area contributed by atoms with Gasteiger partial charge >= 0.3 is 0 Å². The van der Waals surface area contributed by atoms with Crippen LogP contribution >= 0.6 is 15.9 Å². The lowest BCUT2D eigenvalue weighted by Gasteiger charge is -2.31. The molecule has 0 aliphatic carbocycles. The molecule has 0 aromatic heterocycles. The number of carbonyl (C=O) groups is 1. The number of alkyl halides is 1. The van der Waals surface area contributed by atoms with Crippen molar-refractivity contribution in [3.63, 3.8) is 0 Å². The molecule has 1 amide bonds. The van der Waals surface area contributed by atoms with Crippen molar-refractivity contribution in [1.29, 1.82) is 0 Å². The van der Waals surface area contributed by atoms with Gasteiger partial charge in [-0.3, -0.25) is 4.79 Å². The Labute approximate surface area is 119 Å². The van der Waals surface area contributed by atoms with Gasteiger partial charge in [0.25, 0.3) is 5.91 Å². The molecule has 0 heterocycles. The molecule has 1 unspecified atom stereocenters. The molecule has 0 saturated heterocycles. The standard InChI is InChI=1S/C15H22BrNO/c1-10(2)17(11(3)4)15(18)14-8-6-13(7-9-14)12(5)16/h6-12H,1-5H3. The van der Waals surface area contributed by atoms with Crippen molar-refractivity contribution < 1.29 is 4.79 Å². The maximum absolute atomic E-state index is 12.4. The smallest absolute Gasteiger partial charge is 0.254 e. The van der Waals surface area contributed by atoms with Crippen molar-refractivity contribution in [2.45, 2.75) is 51.5 Å². The summed E-state index contributed by atoms with van der Waals surface area (Å²) in [6.45, 7) is 10.3. The predicted octanol–water partition coefficient (Wildman–Crippen LogP) is 4.40. The third kappa shape index (κ3) is 3.58. The van der Waals surface area contributed by atoms with E-state index in [0.717, 1.165) is 5.56 Å². The lowest BCUT2D eigenvalue weighted by Crippen LogP contribution is -2.42. The van der Waals surface area contributed by atoms with E-state index in [1.165, 1.54) is 5.56 Å². The zero-order chi connectivity index (χ0) is 13.9. The van der Waals surface area contributed by atoms with E-state index in [-0.39, 0.29) is 18.0 Å². The van der Waals surface area contributed by atoms with Crippen LogP contribution in [0.4, 0.5) is 0 Å².